The average Bonchev–Trinajstić information content (AvgIpc) is 3.27. The van der Waals surface area contributed by atoms with Crippen molar-refractivity contribution >= 4 is 28.8 Å². The number of nitrogens with zero attached hydrogens (tertiary/aromatic N) is 2. The molecule has 0 unspecified atom stereocenters. The first-order valence-electron chi connectivity index (χ1n) is 10.3. The number of benzene rings is 3. The maximum atomic E-state index is 12.6. The minimum atomic E-state index is -0.0998. The lowest BCUT2D eigenvalue weighted by Crippen LogP contribution is -2.15. The van der Waals surface area contributed by atoms with Crippen molar-refractivity contribution in [2.24, 2.45) is 0 Å². The molecule has 0 radical (unpaired) electrons. The zero-order valence-electron chi connectivity index (χ0n) is 17.2. The number of hydrogen-bond acceptors (Lipinski definition) is 2. The van der Waals surface area contributed by atoms with E-state index in [1.54, 1.807) is 12.1 Å². The number of pyridine rings is 1. The zero-order chi connectivity index (χ0) is 21.9. The molecule has 5 heteroatoms. The van der Waals surface area contributed by atoms with E-state index in [0.717, 1.165) is 22.4 Å². The van der Waals surface area contributed by atoms with Crippen molar-refractivity contribution in [2.75, 3.05) is 5.32 Å². The second-order valence-electron chi connectivity index (χ2n) is 7.57. The van der Waals surface area contributed by atoms with Crippen LogP contribution < -0.4 is 5.32 Å². The van der Waals surface area contributed by atoms with E-state index in [0.29, 0.717) is 16.4 Å². The summed E-state index contributed by atoms with van der Waals surface area (Å²) in [5.41, 5.74) is 6.50. The summed E-state index contributed by atoms with van der Waals surface area (Å²) in [6.07, 6.45) is 4.17. The number of hydrogen-bond donors (Lipinski definition) is 1. The van der Waals surface area contributed by atoms with Crippen molar-refractivity contribution in [3.8, 4) is 22.4 Å². The fraction of sp³-hybridized carbons (Fsp3) is 0.0370. The fourth-order valence-electron chi connectivity index (χ4n) is 3.70. The summed E-state index contributed by atoms with van der Waals surface area (Å²) in [6, 6.07) is 29.7. The Bertz CT molecular complexity index is 1370. The number of imidazole rings is 1. The van der Waals surface area contributed by atoms with Crippen LogP contribution in [-0.4, -0.2) is 15.3 Å². The predicted molar refractivity (Wildman–Crippen MR) is 130 cm³/mol. The Hall–Kier alpha value is -3.89. The third-order valence-corrected chi connectivity index (χ3v) is 5.57. The van der Waals surface area contributed by atoms with Crippen LogP contribution in [0.15, 0.2) is 103 Å². The summed E-state index contributed by atoms with van der Waals surface area (Å²) in [6.45, 7) is 0. The van der Waals surface area contributed by atoms with Gasteiger partial charge in [-0.1, -0.05) is 78.3 Å². The lowest BCUT2D eigenvalue weighted by molar-refractivity contribution is -0.115. The van der Waals surface area contributed by atoms with Gasteiger partial charge in [0.25, 0.3) is 0 Å². The molecule has 0 bridgehead atoms. The molecule has 0 aliphatic rings. The number of carbonyl (C=O) groups is 1. The summed E-state index contributed by atoms with van der Waals surface area (Å²) in [4.78, 5) is 17.4. The van der Waals surface area contributed by atoms with Gasteiger partial charge in [0, 0.05) is 23.0 Å². The van der Waals surface area contributed by atoms with E-state index in [9.17, 15) is 4.79 Å². The standard InChI is InChI=1S/C27H20ClN3O/c28-23-14-8-19(9-15-23)17-26(32)29-24-7-4-16-31-18-25(30-27(24)31)22-12-10-21(11-13-22)20-5-2-1-3-6-20/h1-16,18H,17H2,(H,29,32). The zero-order valence-corrected chi connectivity index (χ0v) is 18.0. The Morgan fingerprint density at radius 3 is 2.25 bits per heavy atom. The molecule has 2 heterocycles. The molecule has 5 rings (SSSR count). The topological polar surface area (TPSA) is 46.4 Å². The van der Waals surface area contributed by atoms with E-state index in [1.807, 2.05) is 59.3 Å². The first-order valence-corrected chi connectivity index (χ1v) is 10.7. The monoisotopic (exact) mass is 437 g/mol. The van der Waals surface area contributed by atoms with Crippen LogP contribution in [0.5, 0.6) is 0 Å². The van der Waals surface area contributed by atoms with E-state index in [2.05, 4.69) is 41.7 Å². The van der Waals surface area contributed by atoms with Gasteiger partial charge in [0.1, 0.15) is 0 Å². The number of aromatic nitrogens is 2. The molecule has 0 aliphatic heterocycles. The summed E-state index contributed by atoms with van der Waals surface area (Å²) in [5, 5.41) is 3.64. The quantitative estimate of drug-likeness (QED) is 0.341. The highest BCUT2D eigenvalue weighted by molar-refractivity contribution is 6.30. The first kappa shape index (κ1) is 20.0. The van der Waals surface area contributed by atoms with Crippen molar-refractivity contribution in [3.05, 3.63) is 114 Å². The van der Waals surface area contributed by atoms with E-state index in [4.69, 9.17) is 16.6 Å². The molecule has 156 valence electrons. The minimum absolute atomic E-state index is 0.0998. The van der Waals surface area contributed by atoms with Gasteiger partial charge in [0.15, 0.2) is 5.65 Å². The maximum Gasteiger partial charge on any atom is 0.228 e. The average molecular weight is 438 g/mol. The Kier molecular flexibility index (Phi) is 5.44. The first-order chi connectivity index (χ1) is 15.7. The number of fused-ring (bicyclic) bond motifs is 1. The molecule has 0 atom stereocenters. The summed E-state index contributed by atoms with van der Waals surface area (Å²) in [5.74, 6) is -0.0998. The molecule has 0 spiro atoms. The van der Waals surface area contributed by atoms with Gasteiger partial charge < -0.3 is 9.72 Å². The number of amides is 1. The molecular formula is C27H20ClN3O. The van der Waals surface area contributed by atoms with E-state index in [1.165, 1.54) is 5.56 Å². The van der Waals surface area contributed by atoms with Crippen LogP contribution in [0.25, 0.3) is 28.0 Å². The molecule has 0 fully saturated rings. The van der Waals surface area contributed by atoms with E-state index in [-0.39, 0.29) is 12.3 Å². The van der Waals surface area contributed by atoms with Gasteiger partial charge >= 0.3 is 0 Å². The van der Waals surface area contributed by atoms with Crippen molar-refractivity contribution in [1.29, 1.82) is 0 Å². The predicted octanol–water partition coefficient (Wildman–Crippen LogP) is 6.50. The van der Waals surface area contributed by atoms with Crippen LogP contribution in [0.4, 0.5) is 5.69 Å². The largest absolute Gasteiger partial charge is 0.323 e. The molecule has 1 N–H and O–H groups in total. The lowest BCUT2D eigenvalue weighted by atomic mass is 10.0. The number of carbonyl (C=O) groups excluding carboxylic acids is 1. The molecule has 5 aromatic rings. The van der Waals surface area contributed by atoms with Gasteiger partial charge in [-0.05, 0) is 41.0 Å². The third-order valence-electron chi connectivity index (χ3n) is 5.32. The molecule has 1 amide bonds. The molecule has 3 aromatic carbocycles. The van der Waals surface area contributed by atoms with E-state index >= 15 is 0 Å². The van der Waals surface area contributed by atoms with Gasteiger partial charge in [0.05, 0.1) is 17.8 Å². The molecular weight excluding hydrogens is 418 g/mol. The summed E-state index contributed by atoms with van der Waals surface area (Å²) in [7, 11) is 0. The van der Waals surface area contributed by atoms with Crippen molar-refractivity contribution < 1.29 is 4.79 Å². The number of anilines is 1. The second-order valence-corrected chi connectivity index (χ2v) is 8.01. The van der Waals surface area contributed by atoms with Gasteiger partial charge in [-0.3, -0.25) is 4.79 Å². The number of rotatable bonds is 5. The smallest absolute Gasteiger partial charge is 0.228 e. The van der Waals surface area contributed by atoms with E-state index < -0.39 is 0 Å². The SMILES string of the molecule is O=C(Cc1ccc(Cl)cc1)Nc1cccn2cc(-c3ccc(-c4ccccc4)cc3)nc12. The minimum Gasteiger partial charge on any atom is -0.323 e. The van der Waals surface area contributed by atoms with Crippen LogP contribution >= 0.6 is 11.6 Å². The van der Waals surface area contributed by atoms with Gasteiger partial charge in [-0.25, -0.2) is 4.98 Å². The Morgan fingerprint density at radius 1 is 0.812 bits per heavy atom. The van der Waals surface area contributed by atoms with Crippen molar-refractivity contribution in [2.45, 2.75) is 6.42 Å². The van der Waals surface area contributed by atoms with Gasteiger partial charge in [-0.15, -0.1) is 0 Å². The summed E-state index contributed by atoms with van der Waals surface area (Å²) >= 11 is 5.92. The van der Waals surface area contributed by atoms with Crippen LogP contribution in [0.2, 0.25) is 5.02 Å². The van der Waals surface area contributed by atoms with Crippen LogP contribution in [0.1, 0.15) is 5.56 Å². The van der Waals surface area contributed by atoms with Crippen molar-refractivity contribution in [1.82, 2.24) is 9.38 Å². The Morgan fingerprint density at radius 2 is 1.50 bits per heavy atom. The highest BCUT2D eigenvalue weighted by atomic mass is 35.5. The molecule has 2 aromatic heterocycles. The normalized spacial score (nSPS) is 10.9. The van der Waals surface area contributed by atoms with Gasteiger partial charge in [0.2, 0.25) is 5.91 Å². The van der Waals surface area contributed by atoms with Crippen molar-refractivity contribution in [3.63, 3.8) is 0 Å². The van der Waals surface area contributed by atoms with Crippen LogP contribution in [0.3, 0.4) is 0 Å². The molecule has 0 aliphatic carbocycles. The van der Waals surface area contributed by atoms with Crippen LogP contribution in [0, 0.1) is 0 Å². The Balaban J connectivity index is 1.38. The fourth-order valence-corrected chi connectivity index (χ4v) is 3.82. The van der Waals surface area contributed by atoms with Gasteiger partial charge in [-0.2, -0.15) is 0 Å². The highest BCUT2D eigenvalue weighted by Gasteiger charge is 2.11. The Labute approximate surface area is 191 Å². The van der Waals surface area contributed by atoms with Crippen LogP contribution in [-0.2, 0) is 11.2 Å². The highest BCUT2D eigenvalue weighted by Crippen LogP contribution is 2.26. The lowest BCUT2D eigenvalue weighted by Gasteiger charge is -2.06. The number of halogens is 1. The summed E-state index contributed by atoms with van der Waals surface area (Å²) < 4.78 is 1.93. The molecule has 0 saturated carbocycles. The molecule has 32 heavy (non-hydrogen) atoms. The molecule has 4 nitrogen and oxygen atoms in total. The second kappa shape index (κ2) is 8.69. The number of nitrogens with one attached hydrogen (secondary N) is 1. The maximum absolute atomic E-state index is 12.6. The third kappa shape index (κ3) is 4.27. The molecule has 0 saturated heterocycles.